The largest absolute Gasteiger partial charge is 0.462 e. The van der Waals surface area contributed by atoms with Crippen molar-refractivity contribution >= 4 is 17.9 Å². The molecule has 6 nitrogen and oxygen atoms in total. The van der Waals surface area contributed by atoms with E-state index in [1.807, 2.05) is 0 Å². The maximum atomic E-state index is 12.9. The van der Waals surface area contributed by atoms with Gasteiger partial charge in [-0.3, -0.25) is 14.4 Å². The van der Waals surface area contributed by atoms with Crippen LogP contribution < -0.4 is 0 Å². The second kappa shape index (κ2) is 70.8. The molecule has 0 saturated heterocycles. The number of carbonyl (C=O) groups excluding carboxylic acids is 3. The Morgan fingerprint density at radius 3 is 0.735 bits per heavy atom. The number of hydrogen-bond acceptors (Lipinski definition) is 6. The molecule has 1 unspecified atom stereocenters. The molecule has 0 aromatic heterocycles. The minimum Gasteiger partial charge on any atom is -0.462 e. The summed E-state index contributed by atoms with van der Waals surface area (Å²) in [6.45, 7) is 6.42. The number of rotatable bonds is 65. The number of allylic oxidation sites excluding steroid dienone is 16. The summed E-state index contributed by atoms with van der Waals surface area (Å²) in [5.74, 6) is -0.928. The summed E-state index contributed by atoms with van der Waals surface area (Å²) in [4.78, 5) is 38.4. The summed E-state index contributed by atoms with van der Waals surface area (Å²) in [5.41, 5.74) is 0. The first kappa shape index (κ1) is 79.3. The fraction of sp³-hybridized carbons (Fsp3) is 0.753. The Morgan fingerprint density at radius 2 is 0.470 bits per heavy atom. The lowest BCUT2D eigenvalue weighted by molar-refractivity contribution is -0.167. The Balaban J connectivity index is 4.25. The van der Waals surface area contributed by atoms with Crippen molar-refractivity contribution < 1.29 is 28.6 Å². The van der Waals surface area contributed by atoms with E-state index in [2.05, 4.69) is 118 Å². The van der Waals surface area contributed by atoms with E-state index in [9.17, 15) is 14.4 Å². The molecule has 6 heteroatoms. The molecular weight excluding hydrogens is 1020 g/mol. The number of carbonyl (C=O) groups is 3. The Morgan fingerprint density at radius 1 is 0.253 bits per heavy atom. The van der Waals surface area contributed by atoms with Crippen LogP contribution in [0.25, 0.3) is 0 Å². The van der Waals surface area contributed by atoms with Crippen molar-refractivity contribution in [3.8, 4) is 0 Å². The third-order valence-corrected chi connectivity index (χ3v) is 15.6. The lowest BCUT2D eigenvalue weighted by Crippen LogP contribution is -2.30. The van der Waals surface area contributed by atoms with Crippen molar-refractivity contribution in [2.45, 2.75) is 361 Å². The van der Waals surface area contributed by atoms with E-state index in [1.54, 1.807) is 0 Å². The Kier molecular flexibility index (Phi) is 67.7. The van der Waals surface area contributed by atoms with Gasteiger partial charge in [0.15, 0.2) is 6.10 Å². The molecule has 0 saturated carbocycles. The molecule has 0 bridgehead atoms. The minimum absolute atomic E-state index is 0.0936. The molecular formula is C77H134O6. The van der Waals surface area contributed by atoms with Crippen LogP contribution in [0.3, 0.4) is 0 Å². The van der Waals surface area contributed by atoms with E-state index >= 15 is 0 Å². The van der Waals surface area contributed by atoms with Crippen molar-refractivity contribution in [2.75, 3.05) is 13.2 Å². The second-order valence-electron chi connectivity index (χ2n) is 23.7. The van der Waals surface area contributed by atoms with Gasteiger partial charge in [0.1, 0.15) is 13.2 Å². The first-order chi connectivity index (χ1) is 41.0. The average molecular weight is 1160 g/mol. The molecule has 83 heavy (non-hydrogen) atoms. The third kappa shape index (κ3) is 69.0. The molecule has 0 radical (unpaired) electrons. The van der Waals surface area contributed by atoms with Crippen LogP contribution >= 0.6 is 0 Å². The van der Waals surface area contributed by atoms with E-state index in [0.29, 0.717) is 19.3 Å². The lowest BCUT2D eigenvalue weighted by atomic mass is 10.0. The van der Waals surface area contributed by atoms with Crippen LogP contribution in [0.15, 0.2) is 97.2 Å². The van der Waals surface area contributed by atoms with Gasteiger partial charge in [-0.25, -0.2) is 0 Å². The van der Waals surface area contributed by atoms with Gasteiger partial charge in [0.05, 0.1) is 0 Å². The first-order valence-corrected chi connectivity index (χ1v) is 35.7. The number of unbranched alkanes of at least 4 members (excludes halogenated alkanes) is 38. The topological polar surface area (TPSA) is 78.9 Å². The van der Waals surface area contributed by atoms with Crippen molar-refractivity contribution in [3.05, 3.63) is 97.2 Å². The van der Waals surface area contributed by atoms with Gasteiger partial charge in [-0.15, -0.1) is 0 Å². The fourth-order valence-electron chi connectivity index (χ4n) is 10.3. The van der Waals surface area contributed by atoms with Gasteiger partial charge in [0.25, 0.3) is 0 Å². The molecule has 0 aliphatic heterocycles. The predicted octanol–water partition coefficient (Wildman–Crippen LogP) is 24.8. The molecule has 0 heterocycles. The normalized spacial score (nSPS) is 12.7. The van der Waals surface area contributed by atoms with E-state index in [-0.39, 0.29) is 31.1 Å². The summed E-state index contributed by atoms with van der Waals surface area (Å²) in [6.07, 6.45) is 96.0. The molecule has 0 aromatic rings. The molecule has 0 aliphatic carbocycles. The Hall–Kier alpha value is -3.67. The predicted molar refractivity (Wildman–Crippen MR) is 362 cm³/mol. The zero-order valence-corrected chi connectivity index (χ0v) is 54.9. The molecule has 1 atom stereocenters. The molecule has 478 valence electrons. The van der Waals surface area contributed by atoms with Crippen molar-refractivity contribution in [1.29, 1.82) is 0 Å². The molecule has 0 N–H and O–H groups in total. The van der Waals surface area contributed by atoms with E-state index in [0.717, 1.165) is 135 Å². The van der Waals surface area contributed by atoms with Gasteiger partial charge < -0.3 is 14.2 Å². The van der Waals surface area contributed by atoms with Crippen molar-refractivity contribution in [1.82, 2.24) is 0 Å². The van der Waals surface area contributed by atoms with Crippen molar-refractivity contribution in [2.24, 2.45) is 0 Å². The summed E-state index contributed by atoms with van der Waals surface area (Å²) in [7, 11) is 0. The van der Waals surface area contributed by atoms with Crippen LogP contribution in [0.5, 0.6) is 0 Å². The van der Waals surface area contributed by atoms with E-state index in [4.69, 9.17) is 14.2 Å². The number of hydrogen-bond donors (Lipinski definition) is 0. The van der Waals surface area contributed by atoms with Crippen LogP contribution in [0.1, 0.15) is 355 Å². The van der Waals surface area contributed by atoms with E-state index < -0.39 is 6.10 Å². The second-order valence-corrected chi connectivity index (χ2v) is 23.7. The molecule has 0 amide bonds. The summed E-state index contributed by atoms with van der Waals surface area (Å²) in [5, 5.41) is 0. The highest BCUT2D eigenvalue weighted by molar-refractivity contribution is 5.71. The van der Waals surface area contributed by atoms with Crippen LogP contribution in [0.4, 0.5) is 0 Å². The first-order valence-electron chi connectivity index (χ1n) is 35.7. The maximum absolute atomic E-state index is 12.9. The van der Waals surface area contributed by atoms with Gasteiger partial charge in [-0.1, -0.05) is 336 Å². The lowest BCUT2D eigenvalue weighted by Gasteiger charge is -2.18. The standard InChI is InChI=1S/C77H134O6/c1-4-7-10-13-16-19-22-25-28-31-32-33-34-35-36-37-38-39-40-41-42-43-44-47-49-52-55-58-61-64-67-70-76(79)82-73-74(83-77(80)71-68-65-62-59-56-53-50-46-30-27-24-21-18-15-12-9-6-3)72-81-75(78)69-66-63-60-57-54-51-48-45-29-26-23-20-17-14-11-8-5-2/h8-9,11-12,17-18,20-21,26-27,29-30,48,50-51,53,74H,4-7,10,13-16,19,22-25,28,31-47,49,52,54-73H2,1-3H3/b11-8-,12-9-,20-17-,21-18-,29-26-,30-27-,51-48-,53-50-. The monoisotopic (exact) mass is 1160 g/mol. The minimum atomic E-state index is -0.803. The molecule has 0 spiro atoms. The van der Waals surface area contributed by atoms with Crippen LogP contribution in [-0.2, 0) is 28.6 Å². The van der Waals surface area contributed by atoms with Gasteiger partial charge in [-0.2, -0.15) is 0 Å². The van der Waals surface area contributed by atoms with Gasteiger partial charge in [0, 0.05) is 19.3 Å². The number of ether oxygens (including phenoxy) is 3. The highest BCUT2D eigenvalue weighted by atomic mass is 16.6. The van der Waals surface area contributed by atoms with Crippen LogP contribution in [0.2, 0.25) is 0 Å². The third-order valence-electron chi connectivity index (χ3n) is 15.6. The highest BCUT2D eigenvalue weighted by Crippen LogP contribution is 2.18. The quantitative estimate of drug-likeness (QED) is 0.0261. The zero-order chi connectivity index (χ0) is 59.9. The number of esters is 3. The molecule has 0 aliphatic rings. The zero-order valence-electron chi connectivity index (χ0n) is 54.9. The van der Waals surface area contributed by atoms with Gasteiger partial charge in [-0.05, 0) is 96.3 Å². The van der Waals surface area contributed by atoms with Crippen molar-refractivity contribution in [3.63, 3.8) is 0 Å². The SMILES string of the molecule is CC/C=C\C/C=C\C/C=C\C/C=C\CCCCCCC(=O)OCC(COC(=O)CCCCCCCCCCCCCCCCCCCCCCCCCCCCCCCCC)OC(=O)CCCCCC/C=C\C/C=C\C/C=C\C/C=C\CC. The maximum Gasteiger partial charge on any atom is 0.306 e. The summed E-state index contributed by atoms with van der Waals surface area (Å²) >= 11 is 0. The summed E-state index contributed by atoms with van der Waals surface area (Å²) < 4.78 is 16.9. The van der Waals surface area contributed by atoms with Crippen LogP contribution in [-0.4, -0.2) is 37.2 Å². The average Bonchev–Trinajstić information content (AvgIpc) is 3.50. The fourth-order valence-corrected chi connectivity index (χ4v) is 10.3. The molecule has 0 aromatic carbocycles. The smallest absolute Gasteiger partial charge is 0.306 e. The summed E-state index contributed by atoms with van der Waals surface area (Å²) in [6, 6.07) is 0. The van der Waals surface area contributed by atoms with Gasteiger partial charge in [0.2, 0.25) is 0 Å². The van der Waals surface area contributed by atoms with Gasteiger partial charge >= 0.3 is 17.9 Å². The molecule has 0 rings (SSSR count). The highest BCUT2D eigenvalue weighted by Gasteiger charge is 2.19. The van der Waals surface area contributed by atoms with Crippen LogP contribution in [0, 0.1) is 0 Å². The Bertz CT molecular complexity index is 1610. The Labute approximate surface area is 515 Å². The van der Waals surface area contributed by atoms with E-state index in [1.165, 1.54) is 180 Å². The molecule has 0 fully saturated rings.